The van der Waals surface area contributed by atoms with Crippen LogP contribution in [0.3, 0.4) is 0 Å². The standard InChI is InChI=1S/C18H22F2N4O/c1-23(2)14-7-5-12(6-8-14)11-21-18(25)22-13-9-15(19)17(24(3)4)16(20)10-13/h5-10H,11H2,1-4H3,(H2,21,22,25). The number of carbonyl (C=O) groups excluding carboxylic acids is 1. The second kappa shape index (κ2) is 7.83. The molecule has 0 aromatic heterocycles. The van der Waals surface area contributed by atoms with Crippen molar-refractivity contribution in [2.24, 2.45) is 0 Å². The van der Waals surface area contributed by atoms with Crippen molar-refractivity contribution in [2.45, 2.75) is 6.54 Å². The summed E-state index contributed by atoms with van der Waals surface area (Å²) in [5.41, 5.74) is 1.88. The Morgan fingerprint density at radius 3 is 2.00 bits per heavy atom. The molecule has 0 radical (unpaired) electrons. The van der Waals surface area contributed by atoms with Gasteiger partial charge in [-0.1, -0.05) is 12.1 Å². The highest BCUT2D eigenvalue weighted by atomic mass is 19.1. The normalized spacial score (nSPS) is 10.3. The van der Waals surface area contributed by atoms with Gasteiger partial charge in [-0.15, -0.1) is 0 Å². The van der Waals surface area contributed by atoms with Gasteiger partial charge in [-0.2, -0.15) is 0 Å². The van der Waals surface area contributed by atoms with Gasteiger partial charge < -0.3 is 20.4 Å². The van der Waals surface area contributed by atoms with E-state index in [4.69, 9.17) is 0 Å². The molecule has 7 heteroatoms. The maximum Gasteiger partial charge on any atom is 0.319 e. The average Bonchev–Trinajstić information content (AvgIpc) is 2.52. The summed E-state index contributed by atoms with van der Waals surface area (Å²) in [6, 6.07) is 9.34. The topological polar surface area (TPSA) is 47.6 Å². The Bertz CT molecular complexity index is 722. The third-order valence-corrected chi connectivity index (χ3v) is 3.63. The predicted octanol–water partition coefficient (Wildman–Crippen LogP) is 3.42. The molecule has 2 aromatic carbocycles. The maximum absolute atomic E-state index is 13.9. The summed E-state index contributed by atoms with van der Waals surface area (Å²) in [5, 5.41) is 5.09. The zero-order valence-corrected chi connectivity index (χ0v) is 14.7. The number of rotatable bonds is 5. The zero-order valence-electron chi connectivity index (χ0n) is 14.7. The van der Waals surface area contributed by atoms with Crippen molar-refractivity contribution in [3.63, 3.8) is 0 Å². The number of nitrogens with zero attached hydrogens (tertiary/aromatic N) is 2. The van der Waals surface area contributed by atoms with Crippen molar-refractivity contribution >= 4 is 23.1 Å². The number of amides is 2. The van der Waals surface area contributed by atoms with E-state index in [0.717, 1.165) is 23.4 Å². The molecule has 2 rings (SSSR count). The third kappa shape index (κ3) is 4.82. The number of anilines is 3. The van der Waals surface area contributed by atoms with Crippen LogP contribution >= 0.6 is 0 Å². The van der Waals surface area contributed by atoms with Gasteiger partial charge in [0.2, 0.25) is 0 Å². The average molecular weight is 348 g/mol. The van der Waals surface area contributed by atoms with E-state index in [1.807, 2.05) is 43.3 Å². The summed E-state index contributed by atoms with van der Waals surface area (Å²) in [4.78, 5) is 15.2. The summed E-state index contributed by atoms with van der Waals surface area (Å²) in [6.07, 6.45) is 0. The first kappa shape index (κ1) is 18.5. The molecule has 0 aliphatic carbocycles. The maximum atomic E-state index is 13.9. The SMILES string of the molecule is CN(C)c1ccc(CNC(=O)Nc2cc(F)c(N(C)C)c(F)c2)cc1. The highest BCUT2D eigenvalue weighted by Gasteiger charge is 2.14. The molecule has 134 valence electrons. The molecule has 0 saturated heterocycles. The summed E-state index contributed by atoms with van der Waals surface area (Å²) in [7, 11) is 6.98. The van der Waals surface area contributed by atoms with E-state index >= 15 is 0 Å². The number of nitrogens with one attached hydrogen (secondary N) is 2. The Labute approximate surface area is 146 Å². The number of hydrogen-bond donors (Lipinski definition) is 2. The van der Waals surface area contributed by atoms with E-state index in [0.29, 0.717) is 6.54 Å². The Morgan fingerprint density at radius 1 is 0.960 bits per heavy atom. The number of benzene rings is 2. The van der Waals surface area contributed by atoms with E-state index in [2.05, 4.69) is 10.6 Å². The van der Waals surface area contributed by atoms with Crippen molar-refractivity contribution in [2.75, 3.05) is 43.3 Å². The molecule has 0 saturated carbocycles. The summed E-state index contributed by atoms with van der Waals surface area (Å²) in [6.45, 7) is 0.306. The minimum atomic E-state index is -0.737. The lowest BCUT2D eigenvalue weighted by molar-refractivity contribution is 0.251. The lowest BCUT2D eigenvalue weighted by atomic mass is 10.2. The van der Waals surface area contributed by atoms with Crippen molar-refractivity contribution in [3.8, 4) is 0 Å². The van der Waals surface area contributed by atoms with E-state index in [1.54, 1.807) is 14.1 Å². The molecule has 0 bridgehead atoms. The minimum absolute atomic E-state index is 0.0565. The van der Waals surface area contributed by atoms with Gasteiger partial charge in [0.1, 0.15) is 5.69 Å². The summed E-state index contributed by atoms with van der Waals surface area (Å²) in [5.74, 6) is -1.47. The highest BCUT2D eigenvalue weighted by molar-refractivity contribution is 5.89. The van der Waals surface area contributed by atoms with E-state index < -0.39 is 17.7 Å². The molecule has 0 heterocycles. The minimum Gasteiger partial charge on any atom is -0.378 e. The highest BCUT2D eigenvalue weighted by Crippen LogP contribution is 2.25. The van der Waals surface area contributed by atoms with Crippen molar-refractivity contribution < 1.29 is 13.6 Å². The van der Waals surface area contributed by atoms with Gasteiger partial charge in [-0.3, -0.25) is 0 Å². The smallest absolute Gasteiger partial charge is 0.319 e. The van der Waals surface area contributed by atoms with Crippen LogP contribution < -0.4 is 20.4 Å². The molecule has 2 amide bonds. The number of carbonyl (C=O) groups is 1. The van der Waals surface area contributed by atoms with Crippen LogP contribution in [-0.2, 0) is 6.54 Å². The van der Waals surface area contributed by atoms with Gasteiger partial charge in [-0.25, -0.2) is 13.6 Å². The fraction of sp³-hybridized carbons (Fsp3) is 0.278. The lowest BCUT2D eigenvalue weighted by Gasteiger charge is -2.16. The fourth-order valence-corrected chi connectivity index (χ4v) is 2.33. The second-order valence-electron chi connectivity index (χ2n) is 6.05. The molecule has 0 fully saturated rings. The molecule has 2 aromatic rings. The van der Waals surface area contributed by atoms with E-state index in [9.17, 15) is 13.6 Å². The van der Waals surface area contributed by atoms with Gasteiger partial charge >= 0.3 is 6.03 Å². The van der Waals surface area contributed by atoms with Gasteiger partial charge in [-0.05, 0) is 29.8 Å². The lowest BCUT2D eigenvalue weighted by Crippen LogP contribution is -2.28. The van der Waals surface area contributed by atoms with Crippen molar-refractivity contribution in [1.82, 2.24) is 5.32 Å². The molecule has 25 heavy (non-hydrogen) atoms. The molecule has 0 aliphatic heterocycles. The van der Waals surface area contributed by atoms with Crippen LogP contribution in [0.5, 0.6) is 0 Å². The summed E-state index contributed by atoms with van der Waals surface area (Å²) < 4.78 is 27.8. The first-order valence-electron chi connectivity index (χ1n) is 7.75. The van der Waals surface area contributed by atoms with Crippen LogP contribution in [-0.4, -0.2) is 34.2 Å². The monoisotopic (exact) mass is 348 g/mol. The first-order valence-corrected chi connectivity index (χ1v) is 7.75. The number of hydrogen-bond acceptors (Lipinski definition) is 3. The molecule has 5 nitrogen and oxygen atoms in total. The predicted molar refractivity (Wildman–Crippen MR) is 97.3 cm³/mol. The molecule has 0 unspecified atom stereocenters. The Morgan fingerprint density at radius 2 is 1.52 bits per heavy atom. The third-order valence-electron chi connectivity index (χ3n) is 3.63. The van der Waals surface area contributed by atoms with Crippen LogP contribution in [0.15, 0.2) is 36.4 Å². The second-order valence-corrected chi connectivity index (χ2v) is 6.05. The largest absolute Gasteiger partial charge is 0.378 e. The quantitative estimate of drug-likeness (QED) is 0.870. The van der Waals surface area contributed by atoms with Crippen LogP contribution in [0.2, 0.25) is 0 Å². The molecule has 0 atom stereocenters. The Balaban J connectivity index is 1.96. The van der Waals surface area contributed by atoms with Crippen LogP contribution in [0.25, 0.3) is 0 Å². The Hall–Kier alpha value is -2.83. The Kier molecular flexibility index (Phi) is 5.80. The molecule has 0 aliphatic rings. The fourth-order valence-electron chi connectivity index (χ4n) is 2.33. The zero-order chi connectivity index (χ0) is 18.6. The van der Waals surface area contributed by atoms with E-state index in [-0.39, 0.29) is 11.4 Å². The van der Waals surface area contributed by atoms with Gasteiger partial charge in [0.15, 0.2) is 11.6 Å². The van der Waals surface area contributed by atoms with Crippen LogP contribution in [0, 0.1) is 11.6 Å². The summed E-state index contributed by atoms with van der Waals surface area (Å²) >= 11 is 0. The van der Waals surface area contributed by atoms with Gasteiger partial charge in [0.05, 0.1) is 0 Å². The molecule has 0 spiro atoms. The number of halogens is 2. The van der Waals surface area contributed by atoms with Crippen molar-refractivity contribution in [1.29, 1.82) is 0 Å². The molecule has 2 N–H and O–H groups in total. The van der Waals surface area contributed by atoms with Crippen LogP contribution in [0.4, 0.5) is 30.6 Å². The molecular formula is C18H22F2N4O. The van der Waals surface area contributed by atoms with Crippen LogP contribution in [0.1, 0.15) is 5.56 Å². The van der Waals surface area contributed by atoms with Crippen molar-refractivity contribution in [3.05, 3.63) is 53.6 Å². The number of urea groups is 1. The molecular weight excluding hydrogens is 326 g/mol. The van der Waals surface area contributed by atoms with E-state index in [1.165, 1.54) is 4.90 Å². The van der Waals surface area contributed by atoms with Gasteiger partial charge in [0, 0.05) is 46.1 Å². The van der Waals surface area contributed by atoms with Gasteiger partial charge in [0.25, 0.3) is 0 Å². The first-order chi connectivity index (χ1) is 11.8.